The summed E-state index contributed by atoms with van der Waals surface area (Å²) >= 11 is 0. The fourth-order valence-electron chi connectivity index (χ4n) is 0.963. The maximum atomic E-state index is 8.33. The number of nitrogens with two attached hydrogens (primary N) is 1. The highest BCUT2D eigenvalue weighted by molar-refractivity contribution is 5.80. The molecule has 0 amide bonds. The molecule has 0 radical (unpaired) electrons. The number of rotatable bonds is 5. The second-order valence-corrected chi connectivity index (χ2v) is 2.92. The Labute approximate surface area is 81.0 Å². The Kier molecular flexibility index (Phi) is 3.86. The molecule has 1 heterocycles. The summed E-state index contributed by atoms with van der Waals surface area (Å²) in [4.78, 5) is 3.84. The average Bonchev–Trinajstić information content (AvgIpc) is 2.67. The van der Waals surface area contributed by atoms with Crippen LogP contribution in [0.15, 0.2) is 16.1 Å². The van der Waals surface area contributed by atoms with Gasteiger partial charge in [0.2, 0.25) is 6.39 Å². The third-order valence-electron chi connectivity index (χ3n) is 1.66. The maximum Gasteiger partial charge on any atom is 0.213 e. The molecule has 0 aromatic carbocycles. The number of oxime groups is 1. The SMILES string of the molecule is CC(CC(N)=NO)NCc1ncon1. The Bertz CT molecular complexity index is 284. The fourth-order valence-corrected chi connectivity index (χ4v) is 0.963. The van der Waals surface area contributed by atoms with Crippen LogP contribution >= 0.6 is 0 Å². The summed E-state index contributed by atoms with van der Waals surface area (Å²) in [6, 6.07) is 0.0874. The van der Waals surface area contributed by atoms with E-state index in [0.717, 1.165) is 0 Å². The maximum absolute atomic E-state index is 8.33. The molecule has 1 unspecified atom stereocenters. The summed E-state index contributed by atoms with van der Waals surface area (Å²) < 4.78 is 4.56. The minimum Gasteiger partial charge on any atom is -0.409 e. The van der Waals surface area contributed by atoms with Crippen molar-refractivity contribution in [3.8, 4) is 0 Å². The third-order valence-corrected chi connectivity index (χ3v) is 1.66. The van der Waals surface area contributed by atoms with Crippen LogP contribution in [-0.2, 0) is 6.54 Å². The highest BCUT2D eigenvalue weighted by Crippen LogP contribution is 1.93. The number of hydrogen-bond donors (Lipinski definition) is 3. The number of nitrogens with zero attached hydrogens (tertiary/aromatic N) is 3. The van der Waals surface area contributed by atoms with E-state index in [1.165, 1.54) is 6.39 Å². The number of amidine groups is 1. The molecule has 0 fully saturated rings. The van der Waals surface area contributed by atoms with Gasteiger partial charge in [0.05, 0.1) is 6.54 Å². The Morgan fingerprint density at radius 3 is 3.21 bits per heavy atom. The van der Waals surface area contributed by atoms with Gasteiger partial charge in [0.1, 0.15) is 5.84 Å². The second-order valence-electron chi connectivity index (χ2n) is 2.92. The number of aromatic nitrogens is 2. The normalized spacial score (nSPS) is 14.2. The van der Waals surface area contributed by atoms with Gasteiger partial charge in [-0.05, 0) is 6.92 Å². The highest BCUT2D eigenvalue weighted by atomic mass is 16.5. The molecule has 0 spiro atoms. The largest absolute Gasteiger partial charge is 0.409 e. The van der Waals surface area contributed by atoms with Crippen molar-refractivity contribution in [3.63, 3.8) is 0 Å². The van der Waals surface area contributed by atoms with E-state index >= 15 is 0 Å². The molecule has 78 valence electrons. The summed E-state index contributed by atoms with van der Waals surface area (Å²) in [7, 11) is 0. The van der Waals surface area contributed by atoms with Crippen LogP contribution in [0.3, 0.4) is 0 Å². The minimum absolute atomic E-state index is 0.0874. The summed E-state index contributed by atoms with van der Waals surface area (Å²) in [6.45, 7) is 2.41. The molecule has 0 bridgehead atoms. The lowest BCUT2D eigenvalue weighted by Crippen LogP contribution is -2.31. The van der Waals surface area contributed by atoms with E-state index < -0.39 is 0 Å². The van der Waals surface area contributed by atoms with Gasteiger partial charge < -0.3 is 20.8 Å². The highest BCUT2D eigenvalue weighted by Gasteiger charge is 2.05. The van der Waals surface area contributed by atoms with E-state index in [0.29, 0.717) is 18.8 Å². The molecular formula is C7H13N5O2. The van der Waals surface area contributed by atoms with Crippen LogP contribution in [0.4, 0.5) is 0 Å². The van der Waals surface area contributed by atoms with Crippen molar-refractivity contribution >= 4 is 5.84 Å². The molecule has 0 saturated heterocycles. The topological polar surface area (TPSA) is 110 Å². The van der Waals surface area contributed by atoms with Crippen LogP contribution in [0, 0.1) is 0 Å². The van der Waals surface area contributed by atoms with Gasteiger partial charge in [0.15, 0.2) is 5.82 Å². The first kappa shape index (κ1) is 10.5. The zero-order chi connectivity index (χ0) is 10.4. The summed E-state index contributed by atoms with van der Waals surface area (Å²) in [5, 5.41) is 17.9. The molecule has 1 atom stereocenters. The first-order chi connectivity index (χ1) is 6.72. The standard InChI is InChI=1S/C7H13N5O2/c1-5(2-6(8)11-13)9-3-7-10-4-14-12-7/h4-5,9,13H,2-3H2,1H3,(H2,8,11). The van der Waals surface area contributed by atoms with Crippen LogP contribution in [0.1, 0.15) is 19.2 Å². The number of nitrogens with one attached hydrogen (secondary N) is 1. The zero-order valence-corrected chi connectivity index (χ0v) is 7.84. The van der Waals surface area contributed by atoms with Gasteiger partial charge in [-0.3, -0.25) is 0 Å². The van der Waals surface area contributed by atoms with Crippen LogP contribution in [0.25, 0.3) is 0 Å². The van der Waals surface area contributed by atoms with Crippen molar-refractivity contribution in [1.82, 2.24) is 15.5 Å². The molecule has 0 aliphatic carbocycles. The van der Waals surface area contributed by atoms with Gasteiger partial charge in [-0.15, -0.1) is 0 Å². The predicted octanol–water partition coefficient (Wildman–Crippen LogP) is -0.316. The third kappa shape index (κ3) is 3.40. The summed E-state index contributed by atoms with van der Waals surface area (Å²) in [5.41, 5.74) is 5.33. The summed E-state index contributed by atoms with van der Waals surface area (Å²) in [6.07, 6.45) is 1.74. The molecule has 1 aromatic heterocycles. The Morgan fingerprint density at radius 2 is 2.64 bits per heavy atom. The van der Waals surface area contributed by atoms with Crippen LogP contribution in [0.2, 0.25) is 0 Å². The molecule has 7 heteroatoms. The Morgan fingerprint density at radius 1 is 1.86 bits per heavy atom. The smallest absolute Gasteiger partial charge is 0.213 e. The van der Waals surface area contributed by atoms with Crippen molar-refractivity contribution in [3.05, 3.63) is 12.2 Å². The zero-order valence-electron chi connectivity index (χ0n) is 7.84. The van der Waals surface area contributed by atoms with Gasteiger partial charge >= 0.3 is 0 Å². The Hall–Kier alpha value is -1.63. The fraction of sp³-hybridized carbons (Fsp3) is 0.571. The van der Waals surface area contributed by atoms with Crippen LogP contribution in [0.5, 0.6) is 0 Å². The van der Waals surface area contributed by atoms with Crippen molar-refractivity contribution in [1.29, 1.82) is 0 Å². The van der Waals surface area contributed by atoms with E-state index in [1.807, 2.05) is 6.92 Å². The molecule has 1 aromatic rings. The molecule has 14 heavy (non-hydrogen) atoms. The van der Waals surface area contributed by atoms with E-state index in [-0.39, 0.29) is 11.9 Å². The molecule has 0 aliphatic heterocycles. The van der Waals surface area contributed by atoms with E-state index in [4.69, 9.17) is 10.9 Å². The first-order valence-corrected chi connectivity index (χ1v) is 4.17. The van der Waals surface area contributed by atoms with E-state index in [9.17, 15) is 0 Å². The molecule has 0 saturated carbocycles. The monoisotopic (exact) mass is 199 g/mol. The molecule has 4 N–H and O–H groups in total. The van der Waals surface area contributed by atoms with Crippen molar-refractivity contribution in [2.75, 3.05) is 0 Å². The van der Waals surface area contributed by atoms with E-state index in [1.54, 1.807) is 0 Å². The van der Waals surface area contributed by atoms with Crippen molar-refractivity contribution in [2.24, 2.45) is 10.9 Å². The second kappa shape index (κ2) is 5.18. The van der Waals surface area contributed by atoms with Gasteiger partial charge in [0.25, 0.3) is 0 Å². The van der Waals surface area contributed by atoms with Gasteiger partial charge in [-0.25, -0.2) is 0 Å². The van der Waals surface area contributed by atoms with Gasteiger partial charge in [-0.2, -0.15) is 4.98 Å². The molecule has 0 aliphatic rings. The van der Waals surface area contributed by atoms with Crippen molar-refractivity contribution in [2.45, 2.75) is 25.9 Å². The van der Waals surface area contributed by atoms with Gasteiger partial charge in [0, 0.05) is 12.5 Å². The average molecular weight is 199 g/mol. The lowest BCUT2D eigenvalue weighted by atomic mass is 10.2. The summed E-state index contributed by atoms with van der Waals surface area (Å²) in [5.74, 6) is 0.773. The van der Waals surface area contributed by atoms with E-state index in [2.05, 4.69) is 25.1 Å². The lowest BCUT2D eigenvalue weighted by molar-refractivity contribution is 0.315. The quantitative estimate of drug-likeness (QED) is 0.259. The minimum atomic E-state index is 0.0874. The van der Waals surface area contributed by atoms with Crippen LogP contribution in [-0.4, -0.2) is 27.2 Å². The van der Waals surface area contributed by atoms with Gasteiger partial charge in [-0.1, -0.05) is 10.3 Å². The molecule has 1 rings (SSSR count). The first-order valence-electron chi connectivity index (χ1n) is 4.17. The lowest BCUT2D eigenvalue weighted by Gasteiger charge is -2.10. The molecular weight excluding hydrogens is 186 g/mol. The van der Waals surface area contributed by atoms with Crippen molar-refractivity contribution < 1.29 is 9.73 Å². The Balaban J connectivity index is 2.25. The van der Waals surface area contributed by atoms with Crippen LogP contribution < -0.4 is 11.1 Å². The molecule has 7 nitrogen and oxygen atoms in total. The predicted molar refractivity (Wildman–Crippen MR) is 48.6 cm³/mol. The number of hydrogen-bond acceptors (Lipinski definition) is 6.